The minimum absolute atomic E-state index is 0.330. The van der Waals surface area contributed by atoms with Crippen LogP contribution < -0.4 is 0 Å². The van der Waals surface area contributed by atoms with Gasteiger partial charge < -0.3 is 9.88 Å². The molecule has 1 saturated heterocycles. The van der Waals surface area contributed by atoms with E-state index in [-0.39, 0.29) is 0 Å². The van der Waals surface area contributed by atoms with Crippen molar-refractivity contribution >= 4 is 16.8 Å². The standard InChI is InChI=1S/C34H48N2O/c1-3-5-6-7-8-9-10-11-12-13-14-15-16-17-18-19-22-34(37)36-25-20-21-31(36)27-30-28-35-33-24-23-29(4-2)26-32(30)33/h7-8,10-11,13-14,16-17,23-24,26,28,31,35H,3-6,9,12,15,18-22,25,27H2,1-2H3/b8-7-,11-10-,14-13-,17-16-. The molecular weight excluding hydrogens is 452 g/mol. The van der Waals surface area contributed by atoms with Gasteiger partial charge in [-0.1, -0.05) is 81.4 Å². The predicted octanol–water partition coefficient (Wildman–Crippen LogP) is 9.02. The Bertz CT molecular complexity index is 1050. The van der Waals surface area contributed by atoms with Crippen LogP contribution in [0.25, 0.3) is 10.9 Å². The molecule has 1 atom stereocenters. The number of aromatic amines is 1. The molecule has 1 aromatic heterocycles. The van der Waals surface area contributed by atoms with Crippen molar-refractivity contribution < 1.29 is 4.79 Å². The zero-order valence-corrected chi connectivity index (χ0v) is 23.3. The quantitative estimate of drug-likeness (QED) is 0.181. The Balaban J connectivity index is 1.31. The van der Waals surface area contributed by atoms with Crippen molar-refractivity contribution in [1.82, 2.24) is 9.88 Å². The van der Waals surface area contributed by atoms with Crippen LogP contribution in [0.3, 0.4) is 0 Å². The molecule has 2 aromatic rings. The largest absolute Gasteiger partial charge is 0.361 e. The summed E-state index contributed by atoms with van der Waals surface area (Å²) in [5, 5.41) is 1.32. The smallest absolute Gasteiger partial charge is 0.222 e. The highest BCUT2D eigenvalue weighted by Crippen LogP contribution is 2.27. The average Bonchev–Trinajstić information content (AvgIpc) is 3.55. The summed E-state index contributed by atoms with van der Waals surface area (Å²) in [5.41, 5.74) is 3.92. The summed E-state index contributed by atoms with van der Waals surface area (Å²) in [6.45, 7) is 5.34. The van der Waals surface area contributed by atoms with Crippen molar-refractivity contribution in [2.24, 2.45) is 0 Å². The fourth-order valence-electron chi connectivity index (χ4n) is 5.13. The summed E-state index contributed by atoms with van der Waals surface area (Å²) in [5.74, 6) is 0.330. The first-order valence-corrected chi connectivity index (χ1v) is 14.7. The van der Waals surface area contributed by atoms with Gasteiger partial charge in [-0.25, -0.2) is 0 Å². The molecule has 1 fully saturated rings. The zero-order chi connectivity index (χ0) is 26.1. The molecular formula is C34H48N2O. The lowest BCUT2D eigenvalue weighted by molar-refractivity contribution is -0.132. The van der Waals surface area contributed by atoms with Gasteiger partial charge in [0.15, 0.2) is 0 Å². The number of aromatic nitrogens is 1. The molecule has 1 unspecified atom stereocenters. The molecule has 37 heavy (non-hydrogen) atoms. The van der Waals surface area contributed by atoms with Crippen molar-refractivity contribution in [1.29, 1.82) is 0 Å². The van der Waals surface area contributed by atoms with Crippen LogP contribution in [0.5, 0.6) is 0 Å². The van der Waals surface area contributed by atoms with Gasteiger partial charge in [-0.15, -0.1) is 0 Å². The Hall–Kier alpha value is -2.81. The molecule has 3 rings (SSSR count). The number of aryl methyl sites for hydroxylation is 1. The Morgan fingerprint density at radius 2 is 1.62 bits per heavy atom. The topological polar surface area (TPSA) is 36.1 Å². The highest BCUT2D eigenvalue weighted by atomic mass is 16.2. The zero-order valence-electron chi connectivity index (χ0n) is 23.3. The van der Waals surface area contributed by atoms with E-state index in [1.807, 2.05) is 0 Å². The van der Waals surface area contributed by atoms with Crippen LogP contribution in [-0.4, -0.2) is 28.4 Å². The third-order valence-electron chi connectivity index (χ3n) is 7.36. The molecule has 0 bridgehead atoms. The first kappa shape index (κ1) is 28.8. The number of carbonyl (C=O) groups excluding carboxylic acids is 1. The predicted molar refractivity (Wildman–Crippen MR) is 160 cm³/mol. The number of allylic oxidation sites excluding steroid dienone is 8. The van der Waals surface area contributed by atoms with Gasteiger partial charge in [0.25, 0.3) is 0 Å². The second-order valence-corrected chi connectivity index (χ2v) is 10.3. The highest BCUT2D eigenvalue weighted by Gasteiger charge is 2.28. The number of amides is 1. The minimum Gasteiger partial charge on any atom is -0.361 e. The molecule has 2 heterocycles. The van der Waals surface area contributed by atoms with Crippen molar-refractivity contribution in [3.63, 3.8) is 0 Å². The minimum atomic E-state index is 0.330. The molecule has 1 N–H and O–H groups in total. The van der Waals surface area contributed by atoms with Crippen molar-refractivity contribution in [3.8, 4) is 0 Å². The van der Waals surface area contributed by atoms with Crippen LogP contribution in [-0.2, 0) is 17.6 Å². The van der Waals surface area contributed by atoms with E-state index in [2.05, 4.69) is 96.7 Å². The van der Waals surface area contributed by atoms with E-state index >= 15 is 0 Å². The van der Waals surface area contributed by atoms with Crippen LogP contribution in [0.15, 0.2) is 73.0 Å². The van der Waals surface area contributed by atoms with Crippen LogP contribution in [0.1, 0.15) is 95.6 Å². The number of H-pyrrole nitrogens is 1. The molecule has 0 spiro atoms. The van der Waals surface area contributed by atoms with E-state index in [0.717, 1.165) is 64.3 Å². The lowest BCUT2D eigenvalue weighted by atomic mass is 10.0. The van der Waals surface area contributed by atoms with Gasteiger partial charge in [-0.3, -0.25) is 4.79 Å². The number of carbonyl (C=O) groups is 1. The van der Waals surface area contributed by atoms with E-state index in [1.165, 1.54) is 41.3 Å². The fraction of sp³-hybridized carbons (Fsp3) is 0.500. The van der Waals surface area contributed by atoms with Crippen molar-refractivity contribution in [2.75, 3.05) is 6.54 Å². The maximum atomic E-state index is 13.0. The highest BCUT2D eigenvalue weighted by molar-refractivity contribution is 5.84. The number of hydrogen-bond acceptors (Lipinski definition) is 1. The van der Waals surface area contributed by atoms with Crippen molar-refractivity contribution in [3.05, 3.63) is 84.1 Å². The van der Waals surface area contributed by atoms with Gasteiger partial charge >= 0.3 is 0 Å². The summed E-state index contributed by atoms with van der Waals surface area (Å²) in [6.07, 6.45) is 33.7. The first-order valence-electron chi connectivity index (χ1n) is 14.7. The molecule has 200 valence electrons. The molecule has 0 aliphatic carbocycles. The lowest BCUT2D eigenvalue weighted by Gasteiger charge is -2.24. The van der Waals surface area contributed by atoms with Gasteiger partial charge in [0, 0.05) is 36.1 Å². The molecule has 3 heteroatoms. The summed E-state index contributed by atoms with van der Waals surface area (Å²) in [7, 11) is 0. The van der Waals surface area contributed by atoms with E-state index in [0.29, 0.717) is 18.4 Å². The molecule has 1 amide bonds. The lowest BCUT2D eigenvalue weighted by Crippen LogP contribution is -2.36. The number of fused-ring (bicyclic) bond motifs is 1. The summed E-state index contributed by atoms with van der Waals surface area (Å²) >= 11 is 0. The second-order valence-electron chi connectivity index (χ2n) is 10.3. The molecule has 0 saturated carbocycles. The maximum Gasteiger partial charge on any atom is 0.222 e. The van der Waals surface area contributed by atoms with Crippen molar-refractivity contribution in [2.45, 2.75) is 103 Å². The van der Waals surface area contributed by atoms with Crippen LogP contribution in [0, 0.1) is 0 Å². The third kappa shape index (κ3) is 9.87. The van der Waals surface area contributed by atoms with E-state index in [9.17, 15) is 4.79 Å². The Labute approximate surface area is 225 Å². The summed E-state index contributed by atoms with van der Waals surface area (Å²) in [4.78, 5) is 18.5. The molecule has 0 radical (unpaired) electrons. The normalized spacial score (nSPS) is 16.6. The number of nitrogens with zero attached hydrogens (tertiary/aromatic N) is 1. The summed E-state index contributed by atoms with van der Waals surface area (Å²) < 4.78 is 0. The first-order chi connectivity index (χ1) is 18.2. The van der Waals surface area contributed by atoms with Crippen LogP contribution in [0.4, 0.5) is 0 Å². The maximum absolute atomic E-state index is 13.0. The number of hydrogen-bond donors (Lipinski definition) is 1. The number of nitrogens with one attached hydrogen (secondary N) is 1. The van der Waals surface area contributed by atoms with Crippen LogP contribution in [0.2, 0.25) is 0 Å². The van der Waals surface area contributed by atoms with E-state index in [4.69, 9.17) is 0 Å². The third-order valence-corrected chi connectivity index (χ3v) is 7.36. The SMILES string of the molecule is CCCC/C=C\C/C=C\C/C=C\C/C=C\CCCC(=O)N1CCCC1Cc1c[nH]c2ccc(CC)cc12. The Kier molecular flexibility index (Phi) is 13.1. The number of rotatable bonds is 16. The van der Waals surface area contributed by atoms with E-state index in [1.54, 1.807) is 0 Å². The van der Waals surface area contributed by atoms with Gasteiger partial charge in [0.2, 0.25) is 5.91 Å². The van der Waals surface area contributed by atoms with Gasteiger partial charge in [0.05, 0.1) is 0 Å². The fourth-order valence-corrected chi connectivity index (χ4v) is 5.13. The Morgan fingerprint density at radius 1 is 0.946 bits per heavy atom. The average molecular weight is 501 g/mol. The van der Waals surface area contributed by atoms with Crippen LogP contribution >= 0.6 is 0 Å². The molecule has 1 aliphatic rings. The number of unbranched alkanes of at least 4 members (excludes halogenated alkanes) is 3. The molecule has 3 nitrogen and oxygen atoms in total. The van der Waals surface area contributed by atoms with Gasteiger partial charge in [0.1, 0.15) is 0 Å². The second kappa shape index (κ2) is 16.8. The van der Waals surface area contributed by atoms with Gasteiger partial charge in [-0.05, 0) is 87.5 Å². The number of benzene rings is 1. The molecule has 1 aromatic carbocycles. The Morgan fingerprint density at radius 3 is 2.30 bits per heavy atom. The van der Waals surface area contributed by atoms with E-state index < -0.39 is 0 Å². The molecule has 1 aliphatic heterocycles. The summed E-state index contributed by atoms with van der Waals surface area (Å²) in [6, 6.07) is 7.04. The number of likely N-dealkylation sites (tertiary alicyclic amines) is 1. The monoisotopic (exact) mass is 500 g/mol. The van der Waals surface area contributed by atoms with Gasteiger partial charge in [-0.2, -0.15) is 0 Å².